The lowest BCUT2D eigenvalue weighted by Gasteiger charge is -2.13. The summed E-state index contributed by atoms with van der Waals surface area (Å²) in [6, 6.07) is 0. The lowest BCUT2D eigenvalue weighted by molar-refractivity contribution is -0.121. The van der Waals surface area contributed by atoms with E-state index in [1.807, 2.05) is 13.8 Å². The van der Waals surface area contributed by atoms with Gasteiger partial charge in [-0.15, -0.1) is 24.0 Å². The number of hydrogen-bond acceptors (Lipinski definition) is 3. The lowest BCUT2D eigenvalue weighted by Crippen LogP contribution is -2.10. The van der Waals surface area contributed by atoms with E-state index in [2.05, 4.69) is 18.9 Å². The maximum absolute atomic E-state index is 11.5. The molecule has 0 aliphatic rings. The van der Waals surface area contributed by atoms with E-state index in [4.69, 9.17) is 5.84 Å². The van der Waals surface area contributed by atoms with E-state index in [-0.39, 0.29) is 24.0 Å². The first-order valence-electron chi connectivity index (χ1n) is 8.71. The number of nitrogens with two attached hydrogens (primary N) is 1. The maximum atomic E-state index is 11.5. The molecule has 0 aliphatic heterocycles. The highest BCUT2D eigenvalue weighted by molar-refractivity contribution is 14.0. The minimum atomic E-state index is 0. The molecule has 0 aromatic carbocycles. The van der Waals surface area contributed by atoms with Crippen molar-refractivity contribution in [1.29, 1.82) is 0 Å². The molecule has 0 amide bonds. The Hall–Kier alpha value is -0.130. The van der Waals surface area contributed by atoms with Gasteiger partial charge >= 0.3 is 0 Å². The highest BCUT2D eigenvalue weighted by Gasteiger charge is 2.12. The van der Waals surface area contributed by atoms with E-state index in [0.29, 0.717) is 11.7 Å². The van der Waals surface area contributed by atoms with Gasteiger partial charge in [0.25, 0.3) is 0 Å². The van der Waals surface area contributed by atoms with Crippen LogP contribution < -0.4 is 5.84 Å². The van der Waals surface area contributed by atoms with Crippen molar-refractivity contribution in [3.8, 4) is 0 Å². The number of rotatable bonds is 11. The first-order valence-corrected chi connectivity index (χ1v) is 8.71. The molecule has 0 spiro atoms. The Balaban J connectivity index is -0.000000520. The summed E-state index contributed by atoms with van der Waals surface area (Å²) in [5.74, 6) is 5.52. The molecule has 22 heavy (non-hydrogen) atoms. The number of unbranched alkanes of at least 4 members (excludes halogenated alkanes) is 6. The van der Waals surface area contributed by atoms with E-state index in [1.165, 1.54) is 51.4 Å². The fourth-order valence-corrected chi connectivity index (χ4v) is 2.19. The van der Waals surface area contributed by atoms with Gasteiger partial charge in [0.05, 0.1) is 0 Å². The van der Waals surface area contributed by atoms with Gasteiger partial charge in [0.2, 0.25) is 0 Å². The molecule has 2 N–H and O–H groups in total. The van der Waals surface area contributed by atoms with Gasteiger partial charge in [-0.05, 0) is 33.6 Å². The first kappa shape index (κ1) is 26.8. The summed E-state index contributed by atoms with van der Waals surface area (Å²) >= 11 is 0. The molecular formula is C18H39IN2O. The predicted molar refractivity (Wildman–Crippen MR) is 110 cm³/mol. The normalized spacial score (nSPS) is 9.55. The van der Waals surface area contributed by atoms with Gasteiger partial charge in [-0.1, -0.05) is 65.2 Å². The van der Waals surface area contributed by atoms with Crippen LogP contribution in [0.4, 0.5) is 0 Å². The number of carbonyl (C=O) groups excluding carboxylic acids is 1. The van der Waals surface area contributed by atoms with Crippen LogP contribution in [0.2, 0.25) is 0 Å². The molecular weight excluding hydrogens is 387 g/mol. The molecule has 4 heteroatoms. The Bertz CT molecular complexity index is 252. The van der Waals surface area contributed by atoms with E-state index in [9.17, 15) is 4.79 Å². The second-order valence-corrected chi connectivity index (χ2v) is 6.08. The third-order valence-corrected chi connectivity index (χ3v) is 3.65. The highest BCUT2D eigenvalue weighted by atomic mass is 127. The number of carbonyl (C=O) groups is 1. The third-order valence-electron chi connectivity index (χ3n) is 3.65. The Morgan fingerprint density at radius 2 is 1.23 bits per heavy atom. The van der Waals surface area contributed by atoms with Crippen LogP contribution in [0, 0.1) is 5.92 Å². The van der Waals surface area contributed by atoms with Crippen molar-refractivity contribution in [3.05, 3.63) is 0 Å². The summed E-state index contributed by atoms with van der Waals surface area (Å²) in [5, 5.41) is 3.31. The van der Waals surface area contributed by atoms with Crippen molar-refractivity contribution in [2.45, 2.75) is 98.8 Å². The number of nitrogens with zero attached hydrogens (tertiary/aromatic N) is 1. The molecule has 0 fully saturated rings. The van der Waals surface area contributed by atoms with Crippen LogP contribution in [0.1, 0.15) is 98.8 Å². The minimum Gasteiger partial charge on any atom is -0.323 e. The summed E-state index contributed by atoms with van der Waals surface area (Å²) in [6.07, 6.45) is 12.5. The van der Waals surface area contributed by atoms with Crippen LogP contribution in [-0.4, -0.2) is 11.5 Å². The molecule has 0 aliphatic carbocycles. The smallest absolute Gasteiger partial charge is 0.132 e. The standard InChI is InChI=1S/C15H30O.C3H8N2.HI/c1-4-6-8-10-12-15(14(3)16)13-11-9-7-5-2;1-3(2)5-4;/h15H,4-13H2,1-3H3;4H2,1-2H3;1H. The number of halogens is 1. The molecule has 0 heterocycles. The second-order valence-electron chi connectivity index (χ2n) is 6.08. The van der Waals surface area contributed by atoms with Crippen molar-refractivity contribution >= 4 is 35.5 Å². The lowest BCUT2D eigenvalue weighted by atomic mass is 9.91. The van der Waals surface area contributed by atoms with Gasteiger partial charge in [0, 0.05) is 11.6 Å². The molecule has 0 unspecified atom stereocenters. The predicted octanol–water partition coefficient (Wildman–Crippen LogP) is 6.09. The molecule has 0 rings (SSSR count). The van der Waals surface area contributed by atoms with Crippen molar-refractivity contribution in [1.82, 2.24) is 0 Å². The van der Waals surface area contributed by atoms with Gasteiger partial charge in [-0.25, -0.2) is 0 Å². The fourth-order valence-electron chi connectivity index (χ4n) is 2.19. The zero-order valence-electron chi connectivity index (χ0n) is 15.5. The van der Waals surface area contributed by atoms with Crippen LogP contribution in [-0.2, 0) is 4.79 Å². The Morgan fingerprint density at radius 3 is 1.45 bits per heavy atom. The van der Waals surface area contributed by atoms with Gasteiger partial charge in [-0.2, -0.15) is 5.10 Å². The Kier molecular flexibility index (Phi) is 25.4. The zero-order chi connectivity index (χ0) is 16.5. The molecule has 0 atom stereocenters. The van der Waals surface area contributed by atoms with Crippen LogP contribution in [0.25, 0.3) is 0 Å². The molecule has 0 radical (unpaired) electrons. The summed E-state index contributed by atoms with van der Waals surface area (Å²) in [7, 11) is 0. The molecule has 0 bridgehead atoms. The van der Waals surface area contributed by atoms with Gasteiger partial charge in [0.1, 0.15) is 5.78 Å². The summed E-state index contributed by atoms with van der Waals surface area (Å²) in [6.45, 7) is 9.92. The topological polar surface area (TPSA) is 55.4 Å². The van der Waals surface area contributed by atoms with Crippen molar-refractivity contribution in [3.63, 3.8) is 0 Å². The second kappa shape index (κ2) is 20.9. The zero-order valence-corrected chi connectivity index (χ0v) is 17.8. The van der Waals surface area contributed by atoms with E-state index < -0.39 is 0 Å². The van der Waals surface area contributed by atoms with Gasteiger partial charge in [-0.3, -0.25) is 4.79 Å². The molecule has 0 aromatic rings. The van der Waals surface area contributed by atoms with Crippen molar-refractivity contribution in [2.75, 3.05) is 0 Å². The average molecular weight is 426 g/mol. The molecule has 0 saturated heterocycles. The van der Waals surface area contributed by atoms with Gasteiger partial charge < -0.3 is 5.84 Å². The molecule has 3 nitrogen and oxygen atoms in total. The number of hydrogen-bond donors (Lipinski definition) is 1. The summed E-state index contributed by atoms with van der Waals surface area (Å²) in [5.41, 5.74) is 0.907. The minimum absolute atomic E-state index is 0. The molecule has 0 aromatic heterocycles. The van der Waals surface area contributed by atoms with Gasteiger partial charge in [0.15, 0.2) is 0 Å². The van der Waals surface area contributed by atoms with Crippen LogP contribution in [0.3, 0.4) is 0 Å². The van der Waals surface area contributed by atoms with Crippen LogP contribution in [0.5, 0.6) is 0 Å². The van der Waals surface area contributed by atoms with E-state index in [0.717, 1.165) is 18.6 Å². The Morgan fingerprint density at radius 1 is 0.864 bits per heavy atom. The largest absolute Gasteiger partial charge is 0.323 e. The monoisotopic (exact) mass is 426 g/mol. The highest BCUT2D eigenvalue weighted by Crippen LogP contribution is 2.19. The van der Waals surface area contributed by atoms with Crippen molar-refractivity contribution < 1.29 is 4.79 Å². The number of hydrazone groups is 1. The third kappa shape index (κ3) is 22.2. The Labute approximate surface area is 155 Å². The maximum Gasteiger partial charge on any atom is 0.132 e. The van der Waals surface area contributed by atoms with E-state index in [1.54, 1.807) is 6.92 Å². The van der Waals surface area contributed by atoms with Crippen LogP contribution >= 0.6 is 24.0 Å². The number of ketones is 1. The first-order chi connectivity index (χ1) is 9.99. The average Bonchev–Trinajstić information content (AvgIpc) is 2.45. The molecule has 134 valence electrons. The fraction of sp³-hybridized carbons (Fsp3) is 0.889. The SMILES string of the molecule is CC(C)=NN.CCCCCCC(CCCCCC)C(C)=O.I. The van der Waals surface area contributed by atoms with Crippen molar-refractivity contribution in [2.24, 2.45) is 16.9 Å². The molecule has 0 saturated carbocycles. The van der Waals surface area contributed by atoms with E-state index >= 15 is 0 Å². The van der Waals surface area contributed by atoms with Crippen LogP contribution in [0.15, 0.2) is 5.10 Å². The summed E-state index contributed by atoms with van der Waals surface area (Å²) < 4.78 is 0. The summed E-state index contributed by atoms with van der Waals surface area (Å²) in [4.78, 5) is 11.5. The quantitative estimate of drug-likeness (QED) is 0.143. The number of Topliss-reactive ketones (excluding diaryl/α,β-unsaturated/α-hetero) is 1.